The molecule has 0 unspecified atom stereocenters. The van der Waals surface area contributed by atoms with Gasteiger partial charge in [0.25, 0.3) is 5.79 Å². The van der Waals surface area contributed by atoms with Crippen molar-refractivity contribution in [3.8, 4) is 0 Å². The zero-order valence-corrected chi connectivity index (χ0v) is 8.75. The van der Waals surface area contributed by atoms with Crippen molar-refractivity contribution in [3.63, 3.8) is 0 Å². The molecule has 0 radical (unpaired) electrons. The SMILES string of the molecule is COC(O)(c1cnsn1)c1cnsn1. The third kappa shape index (κ3) is 1.42. The van der Waals surface area contributed by atoms with E-state index in [2.05, 4.69) is 17.5 Å². The molecule has 0 spiro atoms. The predicted molar refractivity (Wildman–Crippen MR) is 49.8 cm³/mol. The van der Waals surface area contributed by atoms with Crippen LogP contribution in [0.4, 0.5) is 0 Å². The number of ether oxygens (including phenoxy) is 1. The van der Waals surface area contributed by atoms with Crippen molar-refractivity contribution in [3.05, 3.63) is 23.8 Å². The lowest BCUT2D eigenvalue weighted by Crippen LogP contribution is -2.30. The number of aromatic nitrogens is 4. The molecule has 0 saturated heterocycles. The van der Waals surface area contributed by atoms with E-state index in [0.29, 0.717) is 11.4 Å². The lowest BCUT2D eigenvalue weighted by molar-refractivity contribution is -0.164. The van der Waals surface area contributed by atoms with Crippen molar-refractivity contribution in [2.24, 2.45) is 0 Å². The number of methoxy groups -OCH3 is 1. The van der Waals surface area contributed by atoms with Crippen LogP contribution in [0, 0.1) is 0 Å². The highest BCUT2D eigenvalue weighted by molar-refractivity contribution is 6.99. The molecule has 2 aromatic heterocycles. The van der Waals surface area contributed by atoms with E-state index in [1.165, 1.54) is 19.5 Å². The van der Waals surface area contributed by atoms with Gasteiger partial charge in [0, 0.05) is 7.11 Å². The molecule has 0 aliphatic carbocycles. The molecule has 14 heavy (non-hydrogen) atoms. The van der Waals surface area contributed by atoms with Gasteiger partial charge < -0.3 is 9.84 Å². The minimum absolute atomic E-state index is 0.317. The lowest BCUT2D eigenvalue weighted by atomic mass is 10.1. The summed E-state index contributed by atoms with van der Waals surface area (Å²) in [6.45, 7) is 0. The van der Waals surface area contributed by atoms with Gasteiger partial charge >= 0.3 is 0 Å². The van der Waals surface area contributed by atoms with Crippen molar-refractivity contribution < 1.29 is 9.84 Å². The van der Waals surface area contributed by atoms with E-state index in [0.717, 1.165) is 23.5 Å². The summed E-state index contributed by atoms with van der Waals surface area (Å²) < 4.78 is 20.4. The number of rotatable bonds is 3. The van der Waals surface area contributed by atoms with Crippen LogP contribution in [0.2, 0.25) is 0 Å². The van der Waals surface area contributed by atoms with Crippen LogP contribution in [0.15, 0.2) is 12.4 Å². The maximum atomic E-state index is 10.1. The molecule has 0 atom stereocenters. The third-order valence-electron chi connectivity index (χ3n) is 1.71. The second kappa shape index (κ2) is 3.65. The Morgan fingerprint density at radius 3 is 2.00 bits per heavy atom. The monoisotopic (exact) mass is 230 g/mol. The molecule has 1 N–H and O–H groups in total. The number of hydrogen-bond acceptors (Lipinski definition) is 8. The fourth-order valence-electron chi connectivity index (χ4n) is 0.968. The van der Waals surface area contributed by atoms with Gasteiger partial charge in [-0.15, -0.1) is 0 Å². The highest BCUT2D eigenvalue weighted by atomic mass is 32.1. The van der Waals surface area contributed by atoms with Crippen molar-refractivity contribution in [1.29, 1.82) is 0 Å². The second-order valence-electron chi connectivity index (χ2n) is 2.43. The minimum Gasteiger partial charge on any atom is -0.356 e. The van der Waals surface area contributed by atoms with Crippen LogP contribution in [0.1, 0.15) is 11.4 Å². The van der Waals surface area contributed by atoms with Crippen molar-refractivity contribution >= 4 is 23.5 Å². The predicted octanol–water partition coefficient (Wildman–Crippen LogP) is 0.229. The fourth-order valence-corrected chi connectivity index (χ4v) is 1.87. The Labute approximate surface area is 87.8 Å². The van der Waals surface area contributed by atoms with E-state index >= 15 is 0 Å². The Bertz CT molecular complexity index is 354. The molecule has 74 valence electrons. The lowest BCUT2D eigenvalue weighted by Gasteiger charge is -2.20. The largest absolute Gasteiger partial charge is 0.356 e. The van der Waals surface area contributed by atoms with Gasteiger partial charge in [-0.05, 0) is 0 Å². The van der Waals surface area contributed by atoms with Crippen LogP contribution in [0.5, 0.6) is 0 Å². The normalized spacial score (nSPS) is 11.9. The summed E-state index contributed by atoms with van der Waals surface area (Å²) in [5, 5.41) is 10.1. The summed E-state index contributed by atoms with van der Waals surface area (Å²) in [6.07, 6.45) is 2.88. The standard InChI is InChI=1S/C6H6N4O2S2/c1-12-6(11,4-2-7-13-9-4)5-3-8-14-10-5/h2-3,11H,1H3. The average Bonchev–Trinajstić information content (AvgIpc) is 2.88. The molecule has 6 nitrogen and oxygen atoms in total. The van der Waals surface area contributed by atoms with Crippen molar-refractivity contribution in [1.82, 2.24) is 17.5 Å². The molecular formula is C6H6N4O2S2. The van der Waals surface area contributed by atoms with Crippen LogP contribution in [-0.4, -0.2) is 29.7 Å². The summed E-state index contributed by atoms with van der Waals surface area (Å²) in [7, 11) is 1.37. The smallest absolute Gasteiger partial charge is 0.260 e. The molecule has 0 fully saturated rings. The molecule has 0 aliphatic heterocycles. The van der Waals surface area contributed by atoms with E-state index < -0.39 is 5.79 Å². The second-order valence-corrected chi connectivity index (χ2v) is 3.55. The minimum atomic E-state index is -1.64. The van der Waals surface area contributed by atoms with Gasteiger partial charge in [-0.2, -0.15) is 17.5 Å². The fraction of sp³-hybridized carbons (Fsp3) is 0.333. The average molecular weight is 230 g/mol. The maximum absolute atomic E-state index is 10.1. The van der Waals surface area contributed by atoms with Gasteiger partial charge in [-0.25, -0.2) is 0 Å². The topological polar surface area (TPSA) is 81.0 Å². The van der Waals surface area contributed by atoms with Crippen molar-refractivity contribution in [2.45, 2.75) is 5.79 Å². The van der Waals surface area contributed by atoms with Crippen LogP contribution in [0.25, 0.3) is 0 Å². The zero-order chi connectivity index (χ0) is 10.0. The molecular weight excluding hydrogens is 224 g/mol. The first-order chi connectivity index (χ1) is 6.77. The van der Waals surface area contributed by atoms with Gasteiger partial charge in [0.05, 0.1) is 35.9 Å². The van der Waals surface area contributed by atoms with E-state index in [1.807, 2.05) is 0 Å². The Morgan fingerprint density at radius 2 is 1.71 bits per heavy atom. The molecule has 2 heterocycles. The highest BCUT2D eigenvalue weighted by Gasteiger charge is 2.37. The van der Waals surface area contributed by atoms with Gasteiger partial charge in [0.1, 0.15) is 11.4 Å². The van der Waals surface area contributed by atoms with Gasteiger partial charge in [-0.3, -0.25) is 0 Å². The molecule has 8 heteroatoms. The first-order valence-electron chi connectivity index (χ1n) is 3.61. The quantitative estimate of drug-likeness (QED) is 0.760. The Morgan fingerprint density at radius 1 is 1.21 bits per heavy atom. The van der Waals surface area contributed by atoms with Gasteiger partial charge in [0.15, 0.2) is 0 Å². The van der Waals surface area contributed by atoms with Crippen LogP contribution < -0.4 is 0 Å². The first kappa shape index (κ1) is 9.59. The van der Waals surface area contributed by atoms with Crippen LogP contribution >= 0.6 is 23.5 Å². The summed E-state index contributed by atoms with van der Waals surface area (Å²) in [5.41, 5.74) is 0.635. The summed E-state index contributed by atoms with van der Waals surface area (Å²) >= 11 is 1.99. The molecule has 2 aromatic rings. The Hall–Kier alpha value is -0.960. The van der Waals surface area contributed by atoms with E-state index in [-0.39, 0.29) is 0 Å². The van der Waals surface area contributed by atoms with E-state index in [9.17, 15) is 5.11 Å². The molecule has 0 aromatic carbocycles. The number of aliphatic hydroxyl groups is 1. The zero-order valence-electron chi connectivity index (χ0n) is 7.12. The summed E-state index contributed by atoms with van der Waals surface area (Å²) in [6, 6.07) is 0. The molecule has 0 aliphatic rings. The van der Waals surface area contributed by atoms with Crippen LogP contribution in [-0.2, 0) is 10.5 Å². The van der Waals surface area contributed by atoms with E-state index in [4.69, 9.17) is 4.74 Å². The first-order valence-corrected chi connectivity index (χ1v) is 5.07. The molecule has 2 rings (SSSR count). The molecule has 0 bridgehead atoms. The van der Waals surface area contributed by atoms with E-state index in [1.54, 1.807) is 0 Å². The van der Waals surface area contributed by atoms with Crippen molar-refractivity contribution in [2.75, 3.05) is 7.11 Å². The Balaban J connectivity index is 2.45. The molecule has 0 saturated carbocycles. The summed E-state index contributed by atoms with van der Waals surface area (Å²) in [4.78, 5) is 0. The summed E-state index contributed by atoms with van der Waals surface area (Å²) in [5.74, 6) is -1.64. The third-order valence-corrected chi connectivity index (χ3v) is 2.67. The van der Waals surface area contributed by atoms with Gasteiger partial charge in [-0.1, -0.05) is 0 Å². The van der Waals surface area contributed by atoms with Crippen LogP contribution in [0.3, 0.4) is 0 Å². The number of hydrogen-bond donors (Lipinski definition) is 1. The Kier molecular flexibility index (Phi) is 2.50. The highest BCUT2D eigenvalue weighted by Crippen LogP contribution is 2.27. The molecule has 0 amide bonds. The van der Waals surface area contributed by atoms with Gasteiger partial charge in [0.2, 0.25) is 0 Å². The maximum Gasteiger partial charge on any atom is 0.260 e. The number of nitrogens with zero attached hydrogens (tertiary/aromatic N) is 4.